The number of amides is 1. The molecular formula is C9H16BNO4. The molecule has 1 atom stereocenters. The number of methoxy groups -OCH3 is 1. The highest BCUT2D eigenvalue weighted by atomic mass is 16.6. The van der Waals surface area contributed by atoms with Crippen molar-refractivity contribution in [2.75, 3.05) is 20.3 Å². The van der Waals surface area contributed by atoms with Crippen LogP contribution in [0.1, 0.15) is 19.3 Å². The summed E-state index contributed by atoms with van der Waals surface area (Å²) in [5.41, 5.74) is 0. The van der Waals surface area contributed by atoms with Gasteiger partial charge in [-0.15, -0.1) is 0 Å². The third-order valence-corrected chi connectivity index (χ3v) is 2.63. The number of rotatable bonds is 4. The number of hydrogen-bond donors (Lipinski definition) is 0. The minimum atomic E-state index is -0.389. The number of piperidine rings is 1. The Hall–Kier alpha value is -1.04. The van der Waals surface area contributed by atoms with Crippen LogP contribution in [0, 0.1) is 0 Å². The van der Waals surface area contributed by atoms with E-state index in [0.29, 0.717) is 13.0 Å². The maximum absolute atomic E-state index is 11.3. The molecule has 0 aromatic carbocycles. The standard InChI is InChI=1S/C9H16BNO4/c1-14-9(13)6-15-5-7-3-2-4-8(12)11(7)10/h7H,2-6,10H2,1H3. The molecule has 1 saturated heterocycles. The molecule has 84 valence electrons. The Labute approximate surface area is 90.1 Å². The van der Waals surface area contributed by atoms with E-state index in [0.717, 1.165) is 12.8 Å². The highest BCUT2D eigenvalue weighted by molar-refractivity contribution is 6.14. The first kappa shape index (κ1) is 12.0. The molecule has 0 aliphatic carbocycles. The second kappa shape index (κ2) is 5.75. The first-order valence-electron chi connectivity index (χ1n) is 5.05. The highest BCUT2D eigenvalue weighted by Gasteiger charge is 2.24. The number of esters is 1. The lowest BCUT2D eigenvalue weighted by Crippen LogP contribution is -2.44. The summed E-state index contributed by atoms with van der Waals surface area (Å²) < 4.78 is 9.62. The van der Waals surface area contributed by atoms with Gasteiger partial charge in [0.15, 0.2) is 0 Å². The molecule has 0 radical (unpaired) electrons. The van der Waals surface area contributed by atoms with Gasteiger partial charge < -0.3 is 14.3 Å². The van der Waals surface area contributed by atoms with Gasteiger partial charge in [0.1, 0.15) is 6.61 Å². The zero-order chi connectivity index (χ0) is 11.3. The van der Waals surface area contributed by atoms with Crippen molar-refractivity contribution in [2.45, 2.75) is 25.3 Å². The maximum atomic E-state index is 11.3. The average Bonchev–Trinajstić information content (AvgIpc) is 2.24. The van der Waals surface area contributed by atoms with Crippen molar-refractivity contribution in [1.82, 2.24) is 4.81 Å². The molecule has 1 heterocycles. The van der Waals surface area contributed by atoms with Gasteiger partial charge in [-0.25, -0.2) is 4.79 Å². The van der Waals surface area contributed by atoms with Gasteiger partial charge in [-0.3, -0.25) is 4.79 Å². The van der Waals surface area contributed by atoms with E-state index in [-0.39, 0.29) is 24.5 Å². The van der Waals surface area contributed by atoms with Crippen LogP contribution in [0.2, 0.25) is 0 Å². The lowest BCUT2D eigenvalue weighted by molar-refractivity contribution is -0.146. The zero-order valence-electron chi connectivity index (χ0n) is 9.19. The summed E-state index contributed by atoms with van der Waals surface area (Å²) in [5, 5.41) is 0. The largest absolute Gasteiger partial charge is 0.467 e. The molecule has 0 aromatic rings. The van der Waals surface area contributed by atoms with Crippen molar-refractivity contribution in [3.63, 3.8) is 0 Å². The summed E-state index contributed by atoms with van der Waals surface area (Å²) in [4.78, 5) is 23.8. The summed E-state index contributed by atoms with van der Waals surface area (Å²) in [6, 6.07) is 0.0934. The Morgan fingerprint density at radius 3 is 3.07 bits per heavy atom. The molecule has 1 amide bonds. The fraction of sp³-hybridized carbons (Fsp3) is 0.778. The quantitative estimate of drug-likeness (QED) is 0.448. The lowest BCUT2D eigenvalue weighted by atomic mass is 9.98. The van der Waals surface area contributed by atoms with Crippen LogP contribution in [0.3, 0.4) is 0 Å². The molecule has 0 N–H and O–H groups in total. The van der Waals surface area contributed by atoms with Crippen LogP contribution in [-0.2, 0) is 19.1 Å². The van der Waals surface area contributed by atoms with E-state index in [2.05, 4.69) is 4.74 Å². The number of nitrogens with zero attached hydrogens (tertiary/aromatic N) is 1. The smallest absolute Gasteiger partial charge is 0.331 e. The molecular weight excluding hydrogens is 197 g/mol. The van der Waals surface area contributed by atoms with Gasteiger partial charge in [-0.05, 0) is 12.8 Å². The van der Waals surface area contributed by atoms with E-state index in [1.165, 1.54) is 7.11 Å². The van der Waals surface area contributed by atoms with Crippen LogP contribution in [0.5, 0.6) is 0 Å². The summed E-state index contributed by atoms with van der Waals surface area (Å²) in [7, 11) is 3.09. The first-order chi connectivity index (χ1) is 7.15. The summed E-state index contributed by atoms with van der Waals surface area (Å²) in [6.07, 6.45) is 2.45. The Bertz CT molecular complexity index is 246. The van der Waals surface area contributed by atoms with Crippen molar-refractivity contribution >= 4 is 19.9 Å². The Kier molecular flexibility index (Phi) is 4.61. The average molecular weight is 213 g/mol. The molecule has 6 heteroatoms. The second-order valence-electron chi connectivity index (χ2n) is 3.64. The van der Waals surface area contributed by atoms with Crippen LogP contribution >= 0.6 is 0 Å². The zero-order valence-corrected chi connectivity index (χ0v) is 9.19. The van der Waals surface area contributed by atoms with Gasteiger partial charge in [0.25, 0.3) is 0 Å². The van der Waals surface area contributed by atoms with Crippen LogP contribution < -0.4 is 0 Å². The van der Waals surface area contributed by atoms with Crippen LogP contribution in [0.25, 0.3) is 0 Å². The Morgan fingerprint density at radius 2 is 2.40 bits per heavy atom. The van der Waals surface area contributed by atoms with E-state index in [4.69, 9.17) is 4.74 Å². The van der Waals surface area contributed by atoms with E-state index in [1.54, 1.807) is 12.8 Å². The van der Waals surface area contributed by atoms with E-state index in [9.17, 15) is 9.59 Å². The molecule has 0 aromatic heterocycles. The van der Waals surface area contributed by atoms with Gasteiger partial charge >= 0.3 is 5.97 Å². The predicted octanol–water partition coefficient (Wildman–Crippen LogP) is -0.895. The molecule has 5 nitrogen and oxygen atoms in total. The summed E-state index contributed by atoms with van der Waals surface area (Å²) in [5.74, 6) is -0.243. The fourth-order valence-corrected chi connectivity index (χ4v) is 1.59. The second-order valence-corrected chi connectivity index (χ2v) is 3.64. The molecule has 0 spiro atoms. The van der Waals surface area contributed by atoms with Crippen LogP contribution in [0.15, 0.2) is 0 Å². The SMILES string of the molecule is BN1C(=O)CCCC1COCC(=O)OC. The fourth-order valence-electron chi connectivity index (χ4n) is 1.59. The van der Waals surface area contributed by atoms with Gasteiger partial charge in [0.05, 0.1) is 13.7 Å². The normalized spacial score (nSPS) is 21.5. The van der Waals surface area contributed by atoms with Crippen molar-refractivity contribution in [3.8, 4) is 0 Å². The van der Waals surface area contributed by atoms with E-state index in [1.807, 2.05) is 0 Å². The van der Waals surface area contributed by atoms with Crippen molar-refractivity contribution in [2.24, 2.45) is 0 Å². The highest BCUT2D eigenvalue weighted by Crippen LogP contribution is 2.15. The first-order valence-corrected chi connectivity index (χ1v) is 5.05. The van der Waals surface area contributed by atoms with Crippen molar-refractivity contribution in [1.29, 1.82) is 0 Å². The molecule has 15 heavy (non-hydrogen) atoms. The van der Waals surface area contributed by atoms with Gasteiger partial charge in [0, 0.05) is 12.5 Å². The van der Waals surface area contributed by atoms with Gasteiger partial charge in [-0.1, -0.05) is 0 Å². The van der Waals surface area contributed by atoms with E-state index >= 15 is 0 Å². The van der Waals surface area contributed by atoms with Crippen molar-refractivity contribution in [3.05, 3.63) is 0 Å². The third kappa shape index (κ3) is 3.55. The summed E-state index contributed by atoms with van der Waals surface area (Å²) >= 11 is 0. The van der Waals surface area contributed by atoms with E-state index < -0.39 is 0 Å². The number of ether oxygens (including phenoxy) is 2. The third-order valence-electron chi connectivity index (χ3n) is 2.63. The Morgan fingerprint density at radius 1 is 1.67 bits per heavy atom. The maximum Gasteiger partial charge on any atom is 0.331 e. The molecule has 1 fully saturated rings. The molecule has 0 saturated carbocycles. The van der Waals surface area contributed by atoms with Crippen LogP contribution in [0.4, 0.5) is 0 Å². The Balaban J connectivity index is 2.25. The molecule has 1 aliphatic heterocycles. The monoisotopic (exact) mass is 213 g/mol. The van der Waals surface area contributed by atoms with Crippen molar-refractivity contribution < 1.29 is 19.1 Å². The van der Waals surface area contributed by atoms with Crippen LogP contribution in [-0.4, -0.2) is 51.0 Å². The van der Waals surface area contributed by atoms with Gasteiger partial charge in [-0.2, -0.15) is 0 Å². The minimum Gasteiger partial charge on any atom is -0.467 e. The van der Waals surface area contributed by atoms with Gasteiger partial charge in [0.2, 0.25) is 13.9 Å². The summed E-state index contributed by atoms with van der Waals surface area (Å²) in [6.45, 7) is 0.354. The molecule has 1 aliphatic rings. The predicted molar refractivity (Wildman–Crippen MR) is 55.9 cm³/mol. The molecule has 1 unspecified atom stereocenters. The number of carbonyl (C=O) groups excluding carboxylic acids is 2. The molecule has 1 rings (SSSR count). The number of hydrogen-bond acceptors (Lipinski definition) is 4. The minimum absolute atomic E-state index is 0.0466. The lowest BCUT2D eigenvalue weighted by Gasteiger charge is -2.32. The number of carbonyl (C=O) groups is 2. The topological polar surface area (TPSA) is 55.8 Å². The molecule has 0 bridgehead atoms.